The molecule has 0 unspecified atom stereocenters. The maximum atomic E-state index is 12.0. The third-order valence-corrected chi connectivity index (χ3v) is 3.63. The Bertz CT molecular complexity index is 334. The van der Waals surface area contributed by atoms with E-state index >= 15 is 0 Å². The standard InChI is InChI=1S/C12H18O4/c1-4-15-10(14)9-11(2,3)8-5-6-12(9,7-13)16-8/h5-6,8-9,13H,4,7H2,1-3H3/t8-,9-,12-/m0/s1. The minimum atomic E-state index is -0.875. The van der Waals surface area contributed by atoms with E-state index in [1.165, 1.54) is 0 Å². The van der Waals surface area contributed by atoms with Crippen LogP contribution in [-0.2, 0) is 14.3 Å². The number of hydrogen-bond acceptors (Lipinski definition) is 4. The summed E-state index contributed by atoms with van der Waals surface area (Å²) in [5.41, 5.74) is -1.20. The van der Waals surface area contributed by atoms with Crippen LogP contribution in [0.3, 0.4) is 0 Å². The van der Waals surface area contributed by atoms with Gasteiger partial charge in [0.1, 0.15) is 5.60 Å². The van der Waals surface area contributed by atoms with Crippen LogP contribution in [0.5, 0.6) is 0 Å². The first-order valence-corrected chi connectivity index (χ1v) is 5.62. The molecule has 4 heteroatoms. The maximum absolute atomic E-state index is 12.0. The van der Waals surface area contributed by atoms with E-state index in [-0.39, 0.29) is 24.1 Å². The lowest BCUT2D eigenvalue weighted by molar-refractivity contribution is -0.156. The van der Waals surface area contributed by atoms with E-state index in [0.29, 0.717) is 6.61 Å². The Labute approximate surface area is 95.2 Å². The molecule has 0 aliphatic carbocycles. The topological polar surface area (TPSA) is 55.8 Å². The van der Waals surface area contributed by atoms with E-state index in [2.05, 4.69) is 0 Å². The van der Waals surface area contributed by atoms with Gasteiger partial charge in [-0.15, -0.1) is 0 Å². The molecule has 2 aliphatic heterocycles. The summed E-state index contributed by atoms with van der Waals surface area (Å²) >= 11 is 0. The molecular weight excluding hydrogens is 208 g/mol. The van der Waals surface area contributed by atoms with Crippen LogP contribution < -0.4 is 0 Å². The van der Waals surface area contributed by atoms with E-state index < -0.39 is 11.5 Å². The van der Waals surface area contributed by atoms with Crippen molar-refractivity contribution in [3.8, 4) is 0 Å². The summed E-state index contributed by atoms with van der Waals surface area (Å²) in [6.45, 7) is 5.88. The van der Waals surface area contributed by atoms with Gasteiger partial charge in [-0.05, 0) is 6.92 Å². The number of carbonyl (C=O) groups excluding carboxylic acids is 1. The summed E-state index contributed by atoms with van der Waals surface area (Å²) in [6.07, 6.45) is 3.60. The Balaban J connectivity index is 2.34. The first kappa shape index (κ1) is 11.6. The van der Waals surface area contributed by atoms with Gasteiger partial charge in [-0.25, -0.2) is 0 Å². The van der Waals surface area contributed by atoms with Gasteiger partial charge in [-0.1, -0.05) is 26.0 Å². The van der Waals surface area contributed by atoms with Crippen molar-refractivity contribution in [1.29, 1.82) is 0 Å². The Kier molecular flexibility index (Phi) is 2.59. The van der Waals surface area contributed by atoms with Gasteiger partial charge in [-0.3, -0.25) is 4.79 Å². The highest BCUT2D eigenvalue weighted by Gasteiger charge is 2.64. The van der Waals surface area contributed by atoms with Gasteiger partial charge >= 0.3 is 5.97 Å². The quantitative estimate of drug-likeness (QED) is 0.573. The monoisotopic (exact) mass is 226 g/mol. The highest BCUT2D eigenvalue weighted by Crippen LogP contribution is 2.54. The van der Waals surface area contributed by atoms with E-state index in [4.69, 9.17) is 9.47 Å². The zero-order chi connectivity index (χ0) is 12.0. The number of aliphatic hydroxyl groups excluding tert-OH is 1. The number of hydrogen-bond donors (Lipinski definition) is 1. The molecule has 0 aromatic rings. The summed E-state index contributed by atoms with van der Waals surface area (Å²) in [6, 6.07) is 0. The molecular formula is C12H18O4. The van der Waals surface area contributed by atoms with Crippen molar-refractivity contribution in [2.75, 3.05) is 13.2 Å². The predicted molar refractivity (Wildman–Crippen MR) is 57.7 cm³/mol. The number of carbonyl (C=O) groups is 1. The molecule has 0 aromatic heterocycles. The van der Waals surface area contributed by atoms with Crippen LogP contribution >= 0.6 is 0 Å². The van der Waals surface area contributed by atoms with Crippen LogP contribution in [0.4, 0.5) is 0 Å². The van der Waals surface area contributed by atoms with Gasteiger partial charge in [-0.2, -0.15) is 0 Å². The molecule has 1 saturated heterocycles. The third-order valence-electron chi connectivity index (χ3n) is 3.63. The molecule has 0 radical (unpaired) electrons. The van der Waals surface area contributed by atoms with Gasteiger partial charge < -0.3 is 14.6 Å². The van der Waals surface area contributed by atoms with Crippen LogP contribution in [0.25, 0.3) is 0 Å². The highest BCUT2D eigenvalue weighted by atomic mass is 16.6. The second-order valence-electron chi connectivity index (χ2n) is 5.02. The van der Waals surface area contributed by atoms with Crippen molar-refractivity contribution >= 4 is 5.97 Å². The lowest BCUT2D eigenvalue weighted by Crippen LogP contribution is -2.47. The van der Waals surface area contributed by atoms with E-state index in [1.807, 2.05) is 19.9 Å². The molecule has 0 aromatic carbocycles. The molecule has 2 aliphatic rings. The van der Waals surface area contributed by atoms with Crippen LogP contribution in [-0.4, -0.2) is 36.0 Å². The van der Waals surface area contributed by atoms with E-state index in [9.17, 15) is 9.90 Å². The largest absolute Gasteiger partial charge is 0.466 e. The second kappa shape index (κ2) is 3.57. The Morgan fingerprint density at radius 3 is 2.81 bits per heavy atom. The number of fused-ring (bicyclic) bond motifs is 2. The fourth-order valence-corrected chi connectivity index (χ4v) is 2.83. The van der Waals surface area contributed by atoms with Gasteiger partial charge in [0.25, 0.3) is 0 Å². The van der Waals surface area contributed by atoms with Crippen LogP contribution in [0, 0.1) is 11.3 Å². The van der Waals surface area contributed by atoms with Gasteiger partial charge in [0.2, 0.25) is 0 Å². The fourth-order valence-electron chi connectivity index (χ4n) is 2.83. The van der Waals surface area contributed by atoms with Gasteiger partial charge in [0.05, 0.1) is 25.2 Å². The number of rotatable bonds is 3. The van der Waals surface area contributed by atoms with Crippen molar-refractivity contribution in [3.63, 3.8) is 0 Å². The first-order valence-electron chi connectivity index (χ1n) is 5.62. The summed E-state index contributed by atoms with van der Waals surface area (Å²) in [4.78, 5) is 12.0. The van der Waals surface area contributed by atoms with E-state index in [1.54, 1.807) is 13.0 Å². The maximum Gasteiger partial charge on any atom is 0.312 e. The smallest absolute Gasteiger partial charge is 0.312 e. The minimum Gasteiger partial charge on any atom is -0.466 e. The molecule has 0 spiro atoms. The number of esters is 1. The summed E-state index contributed by atoms with van der Waals surface area (Å²) < 4.78 is 10.8. The summed E-state index contributed by atoms with van der Waals surface area (Å²) in [7, 11) is 0. The predicted octanol–water partition coefficient (Wildman–Crippen LogP) is 0.892. The molecule has 2 bridgehead atoms. The summed E-state index contributed by atoms with van der Waals surface area (Å²) in [5, 5.41) is 9.48. The number of aliphatic hydroxyl groups is 1. The van der Waals surface area contributed by atoms with E-state index in [0.717, 1.165) is 0 Å². The van der Waals surface area contributed by atoms with Gasteiger partial charge in [0, 0.05) is 5.41 Å². The summed E-state index contributed by atoms with van der Waals surface area (Å²) in [5.74, 6) is -0.714. The van der Waals surface area contributed by atoms with Crippen LogP contribution in [0.1, 0.15) is 20.8 Å². The van der Waals surface area contributed by atoms with Gasteiger partial charge in [0.15, 0.2) is 0 Å². The fraction of sp³-hybridized carbons (Fsp3) is 0.750. The zero-order valence-electron chi connectivity index (χ0n) is 9.90. The molecule has 1 N–H and O–H groups in total. The molecule has 2 heterocycles. The second-order valence-corrected chi connectivity index (χ2v) is 5.02. The average Bonchev–Trinajstić information content (AvgIpc) is 2.72. The van der Waals surface area contributed by atoms with Crippen molar-refractivity contribution in [2.45, 2.75) is 32.5 Å². The SMILES string of the molecule is CCOC(=O)[C@H]1C(C)(C)[C@@H]2C=C[C@@]1(CO)O2. The molecule has 3 atom stereocenters. The zero-order valence-corrected chi connectivity index (χ0v) is 9.90. The van der Waals surface area contributed by atoms with Crippen LogP contribution in [0.2, 0.25) is 0 Å². The lowest BCUT2D eigenvalue weighted by Gasteiger charge is -2.35. The Morgan fingerprint density at radius 2 is 2.25 bits per heavy atom. The minimum absolute atomic E-state index is 0.117. The molecule has 4 nitrogen and oxygen atoms in total. The lowest BCUT2D eigenvalue weighted by atomic mass is 9.67. The van der Waals surface area contributed by atoms with Crippen molar-refractivity contribution < 1.29 is 19.4 Å². The molecule has 1 fully saturated rings. The van der Waals surface area contributed by atoms with Crippen molar-refractivity contribution in [2.24, 2.45) is 11.3 Å². The molecule has 2 rings (SSSR count). The molecule has 16 heavy (non-hydrogen) atoms. The van der Waals surface area contributed by atoms with Crippen molar-refractivity contribution in [1.82, 2.24) is 0 Å². The third kappa shape index (κ3) is 1.33. The molecule has 90 valence electrons. The average molecular weight is 226 g/mol. The molecule has 0 saturated carbocycles. The first-order chi connectivity index (χ1) is 7.48. The van der Waals surface area contributed by atoms with Crippen LogP contribution in [0.15, 0.2) is 12.2 Å². The molecule has 0 amide bonds. The Hall–Kier alpha value is -0.870. The normalized spacial score (nSPS) is 39.0. The van der Waals surface area contributed by atoms with Crippen molar-refractivity contribution in [3.05, 3.63) is 12.2 Å². The number of ether oxygens (including phenoxy) is 2. The highest BCUT2D eigenvalue weighted by molar-refractivity contribution is 5.77. The Morgan fingerprint density at radius 1 is 1.56 bits per heavy atom.